The van der Waals surface area contributed by atoms with Crippen molar-refractivity contribution >= 4 is 0 Å². The predicted molar refractivity (Wildman–Crippen MR) is 73.6 cm³/mol. The maximum Gasteiger partial charge on any atom is 0.119 e. The van der Waals surface area contributed by atoms with Crippen LogP contribution in [0.25, 0.3) is 0 Å². The van der Waals surface area contributed by atoms with Crippen LogP contribution < -0.4 is 4.74 Å². The number of ether oxygens (including phenoxy) is 2. The van der Waals surface area contributed by atoms with E-state index in [-0.39, 0.29) is 0 Å². The van der Waals surface area contributed by atoms with Crippen LogP contribution in [0.15, 0.2) is 18.2 Å². The van der Waals surface area contributed by atoms with Gasteiger partial charge in [0.2, 0.25) is 0 Å². The molecule has 1 fully saturated rings. The smallest absolute Gasteiger partial charge is 0.119 e. The Hall–Kier alpha value is -1.06. The average Bonchev–Trinajstić information content (AvgIpc) is 2.46. The Morgan fingerprint density at radius 2 is 1.84 bits per heavy atom. The standard InChI is InChI=1S/C16H22O3/c17-16(7-9-18-10-8-16)12-19-15-6-5-13-3-1-2-4-14(13)11-15/h5-6,11,17H,1-4,7-10,12H2. The van der Waals surface area contributed by atoms with Gasteiger partial charge in [0.1, 0.15) is 18.0 Å². The minimum absolute atomic E-state index is 0.370. The number of fused-ring (bicyclic) bond motifs is 1. The minimum Gasteiger partial charge on any atom is -0.491 e. The fraction of sp³-hybridized carbons (Fsp3) is 0.625. The van der Waals surface area contributed by atoms with Crippen molar-refractivity contribution in [1.82, 2.24) is 0 Å². The summed E-state index contributed by atoms with van der Waals surface area (Å²) in [6.07, 6.45) is 6.25. The summed E-state index contributed by atoms with van der Waals surface area (Å²) < 4.78 is 11.1. The van der Waals surface area contributed by atoms with Crippen LogP contribution in [0.1, 0.15) is 36.8 Å². The summed E-state index contributed by atoms with van der Waals surface area (Å²) in [7, 11) is 0. The van der Waals surface area contributed by atoms with E-state index in [0.29, 0.717) is 32.7 Å². The third kappa shape index (κ3) is 3.10. The van der Waals surface area contributed by atoms with Gasteiger partial charge >= 0.3 is 0 Å². The molecule has 1 heterocycles. The molecule has 3 heteroatoms. The lowest BCUT2D eigenvalue weighted by Crippen LogP contribution is -2.41. The van der Waals surface area contributed by atoms with Crippen molar-refractivity contribution in [3.8, 4) is 5.75 Å². The third-order valence-corrected chi connectivity index (χ3v) is 4.25. The molecular weight excluding hydrogens is 240 g/mol. The number of hydrogen-bond donors (Lipinski definition) is 1. The molecule has 1 aliphatic carbocycles. The molecule has 0 spiro atoms. The first-order valence-corrected chi connectivity index (χ1v) is 7.30. The highest BCUT2D eigenvalue weighted by Crippen LogP contribution is 2.27. The quantitative estimate of drug-likeness (QED) is 0.909. The molecule has 3 nitrogen and oxygen atoms in total. The topological polar surface area (TPSA) is 38.7 Å². The van der Waals surface area contributed by atoms with Crippen LogP contribution in [0.5, 0.6) is 5.75 Å². The van der Waals surface area contributed by atoms with Gasteiger partial charge in [0.15, 0.2) is 0 Å². The number of hydrogen-bond acceptors (Lipinski definition) is 3. The Bertz CT molecular complexity index is 436. The van der Waals surface area contributed by atoms with Crippen LogP contribution >= 0.6 is 0 Å². The van der Waals surface area contributed by atoms with Crippen molar-refractivity contribution in [2.45, 2.75) is 44.1 Å². The lowest BCUT2D eigenvalue weighted by atomic mass is 9.91. The van der Waals surface area contributed by atoms with Crippen LogP contribution in [0.4, 0.5) is 0 Å². The minimum atomic E-state index is -0.714. The van der Waals surface area contributed by atoms with Gasteiger partial charge in [0, 0.05) is 26.1 Å². The molecule has 0 bridgehead atoms. The molecule has 0 amide bonds. The largest absolute Gasteiger partial charge is 0.491 e. The summed E-state index contributed by atoms with van der Waals surface area (Å²) in [6.45, 7) is 1.63. The lowest BCUT2D eigenvalue weighted by Gasteiger charge is -2.31. The molecule has 0 saturated carbocycles. The Balaban J connectivity index is 1.63. The summed E-state index contributed by atoms with van der Waals surface area (Å²) in [6, 6.07) is 6.36. The van der Waals surface area contributed by atoms with E-state index in [4.69, 9.17) is 9.47 Å². The Kier molecular flexibility index (Phi) is 3.76. The fourth-order valence-corrected chi connectivity index (χ4v) is 2.91. The summed E-state index contributed by atoms with van der Waals surface area (Å²) in [4.78, 5) is 0. The second-order valence-electron chi connectivity index (χ2n) is 5.76. The molecule has 0 atom stereocenters. The molecule has 0 aromatic heterocycles. The van der Waals surface area contributed by atoms with E-state index in [0.717, 1.165) is 12.2 Å². The SMILES string of the molecule is OC1(COc2ccc3c(c2)CCCC3)CCOCC1. The first-order chi connectivity index (χ1) is 9.25. The molecule has 1 aliphatic heterocycles. The molecule has 19 heavy (non-hydrogen) atoms. The maximum atomic E-state index is 10.4. The van der Waals surface area contributed by atoms with E-state index < -0.39 is 5.60 Å². The van der Waals surface area contributed by atoms with Crippen LogP contribution in [0.3, 0.4) is 0 Å². The Labute approximate surface area is 114 Å². The molecule has 0 radical (unpaired) electrons. The first-order valence-electron chi connectivity index (χ1n) is 7.30. The first kappa shape index (κ1) is 12.9. The fourth-order valence-electron chi connectivity index (χ4n) is 2.91. The van der Waals surface area contributed by atoms with Crippen molar-refractivity contribution in [2.24, 2.45) is 0 Å². The van der Waals surface area contributed by atoms with Crippen LogP contribution in [-0.2, 0) is 17.6 Å². The van der Waals surface area contributed by atoms with E-state index in [2.05, 4.69) is 12.1 Å². The Morgan fingerprint density at radius 3 is 2.63 bits per heavy atom. The van der Waals surface area contributed by atoms with Crippen LogP contribution in [0, 0.1) is 0 Å². The van der Waals surface area contributed by atoms with E-state index >= 15 is 0 Å². The average molecular weight is 262 g/mol. The third-order valence-electron chi connectivity index (χ3n) is 4.25. The summed E-state index contributed by atoms with van der Waals surface area (Å²) in [5, 5.41) is 10.4. The van der Waals surface area contributed by atoms with Gasteiger partial charge in [-0.25, -0.2) is 0 Å². The number of aliphatic hydroxyl groups is 1. The van der Waals surface area contributed by atoms with Crippen molar-refractivity contribution in [2.75, 3.05) is 19.8 Å². The second-order valence-corrected chi connectivity index (χ2v) is 5.76. The highest BCUT2D eigenvalue weighted by molar-refractivity contribution is 5.37. The number of benzene rings is 1. The molecule has 1 aromatic carbocycles. The highest BCUT2D eigenvalue weighted by Gasteiger charge is 2.30. The summed E-state index contributed by atoms with van der Waals surface area (Å²) in [5.41, 5.74) is 2.17. The number of aryl methyl sites for hydroxylation is 2. The van der Waals surface area contributed by atoms with Crippen LogP contribution in [-0.4, -0.2) is 30.5 Å². The zero-order valence-electron chi connectivity index (χ0n) is 11.4. The van der Waals surface area contributed by atoms with Gasteiger partial charge in [-0.15, -0.1) is 0 Å². The molecule has 1 N–H and O–H groups in total. The normalized spacial score (nSPS) is 21.7. The van der Waals surface area contributed by atoms with Gasteiger partial charge in [-0.3, -0.25) is 0 Å². The van der Waals surface area contributed by atoms with Gasteiger partial charge in [0.25, 0.3) is 0 Å². The zero-order chi connectivity index (χ0) is 13.1. The maximum absolute atomic E-state index is 10.4. The summed E-state index contributed by atoms with van der Waals surface area (Å²) in [5.74, 6) is 0.889. The van der Waals surface area contributed by atoms with Crippen molar-refractivity contribution in [3.63, 3.8) is 0 Å². The molecule has 1 aromatic rings. The van der Waals surface area contributed by atoms with Gasteiger partial charge in [-0.1, -0.05) is 6.07 Å². The van der Waals surface area contributed by atoms with Gasteiger partial charge < -0.3 is 14.6 Å². The van der Waals surface area contributed by atoms with E-state index in [1.807, 2.05) is 6.07 Å². The molecule has 3 rings (SSSR count). The lowest BCUT2D eigenvalue weighted by molar-refractivity contribution is -0.0855. The van der Waals surface area contributed by atoms with E-state index in [9.17, 15) is 5.11 Å². The predicted octanol–water partition coefficient (Wildman–Crippen LogP) is 2.49. The van der Waals surface area contributed by atoms with E-state index in [1.165, 1.54) is 30.4 Å². The number of rotatable bonds is 3. The van der Waals surface area contributed by atoms with Gasteiger partial charge in [-0.2, -0.15) is 0 Å². The van der Waals surface area contributed by atoms with Crippen molar-refractivity contribution in [3.05, 3.63) is 29.3 Å². The molecule has 104 valence electrons. The molecule has 2 aliphatic rings. The summed E-state index contributed by atoms with van der Waals surface area (Å²) >= 11 is 0. The monoisotopic (exact) mass is 262 g/mol. The molecule has 1 saturated heterocycles. The van der Waals surface area contributed by atoms with Gasteiger partial charge in [0.05, 0.1) is 0 Å². The Morgan fingerprint density at radius 1 is 1.11 bits per heavy atom. The van der Waals surface area contributed by atoms with Crippen molar-refractivity contribution < 1.29 is 14.6 Å². The van der Waals surface area contributed by atoms with E-state index in [1.54, 1.807) is 0 Å². The molecule has 0 unspecified atom stereocenters. The van der Waals surface area contributed by atoms with Crippen LogP contribution in [0.2, 0.25) is 0 Å². The zero-order valence-corrected chi connectivity index (χ0v) is 11.4. The second kappa shape index (κ2) is 5.51. The van der Waals surface area contributed by atoms with Crippen molar-refractivity contribution in [1.29, 1.82) is 0 Å². The van der Waals surface area contributed by atoms with Gasteiger partial charge in [-0.05, 0) is 48.9 Å². The highest BCUT2D eigenvalue weighted by atomic mass is 16.5. The molecular formula is C16H22O3.